The maximum absolute atomic E-state index is 9.30. The summed E-state index contributed by atoms with van der Waals surface area (Å²) in [6, 6.07) is 8.66. The standard InChI is InChI=1S/C15H23NO2/c1-11(2)18-15-6-4-14(5-7-15)16-9-8-13(10-17)12(16)3/h4-7,11-13,17H,8-10H2,1-3H3. The van der Waals surface area contributed by atoms with Gasteiger partial charge in [0.05, 0.1) is 6.10 Å². The second-order valence-electron chi connectivity index (χ2n) is 5.33. The van der Waals surface area contributed by atoms with Gasteiger partial charge in [0.15, 0.2) is 0 Å². The monoisotopic (exact) mass is 249 g/mol. The molecule has 0 saturated carbocycles. The van der Waals surface area contributed by atoms with Crippen molar-refractivity contribution >= 4 is 5.69 Å². The fraction of sp³-hybridized carbons (Fsp3) is 0.600. The van der Waals surface area contributed by atoms with Crippen LogP contribution in [-0.2, 0) is 0 Å². The zero-order valence-electron chi connectivity index (χ0n) is 11.5. The highest BCUT2D eigenvalue weighted by Crippen LogP contribution is 2.30. The summed E-state index contributed by atoms with van der Waals surface area (Å²) >= 11 is 0. The molecule has 0 spiro atoms. The third-order valence-electron chi connectivity index (χ3n) is 3.69. The normalized spacial score (nSPS) is 23.7. The van der Waals surface area contributed by atoms with Gasteiger partial charge in [-0.3, -0.25) is 0 Å². The minimum absolute atomic E-state index is 0.209. The third-order valence-corrected chi connectivity index (χ3v) is 3.69. The molecule has 0 amide bonds. The van der Waals surface area contributed by atoms with E-state index >= 15 is 0 Å². The Morgan fingerprint density at radius 2 is 2.00 bits per heavy atom. The van der Waals surface area contributed by atoms with Crippen molar-refractivity contribution in [2.45, 2.75) is 39.3 Å². The van der Waals surface area contributed by atoms with E-state index in [0.717, 1.165) is 18.7 Å². The Labute approximate surface area is 109 Å². The van der Waals surface area contributed by atoms with Crippen LogP contribution in [0.1, 0.15) is 27.2 Å². The van der Waals surface area contributed by atoms with Crippen LogP contribution in [0.2, 0.25) is 0 Å². The van der Waals surface area contributed by atoms with Gasteiger partial charge >= 0.3 is 0 Å². The molecule has 0 bridgehead atoms. The smallest absolute Gasteiger partial charge is 0.119 e. The van der Waals surface area contributed by atoms with Crippen molar-refractivity contribution in [3.63, 3.8) is 0 Å². The lowest BCUT2D eigenvalue weighted by molar-refractivity contribution is 0.221. The molecular formula is C15H23NO2. The summed E-state index contributed by atoms with van der Waals surface area (Å²) in [6.45, 7) is 7.56. The zero-order valence-corrected chi connectivity index (χ0v) is 11.5. The number of aliphatic hydroxyl groups is 1. The van der Waals surface area contributed by atoms with E-state index in [2.05, 4.69) is 24.0 Å². The van der Waals surface area contributed by atoms with E-state index in [-0.39, 0.29) is 12.7 Å². The van der Waals surface area contributed by atoms with Gasteiger partial charge in [-0.2, -0.15) is 0 Å². The predicted molar refractivity (Wildman–Crippen MR) is 74.2 cm³/mol. The summed E-state index contributed by atoms with van der Waals surface area (Å²) in [5, 5.41) is 9.30. The summed E-state index contributed by atoms with van der Waals surface area (Å²) in [6.07, 6.45) is 1.28. The van der Waals surface area contributed by atoms with Crippen molar-refractivity contribution in [3.8, 4) is 5.75 Å². The number of rotatable bonds is 4. The Morgan fingerprint density at radius 3 is 2.50 bits per heavy atom. The van der Waals surface area contributed by atoms with E-state index in [0.29, 0.717) is 12.0 Å². The average Bonchev–Trinajstić information content (AvgIpc) is 2.71. The van der Waals surface area contributed by atoms with E-state index < -0.39 is 0 Å². The van der Waals surface area contributed by atoms with Crippen LogP contribution in [0, 0.1) is 5.92 Å². The van der Waals surface area contributed by atoms with E-state index in [1.54, 1.807) is 0 Å². The molecule has 2 unspecified atom stereocenters. The number of ether oxygens (including phenoxy) is 1. The summed E-state index contributed by atoms with van der Waals surface area (Å²) < 4.78 is 5.64. The summed E-state index contributed by atoms with van der Waals surface area (Å²) in [5.74, 6) is 1.32. The summed E-state index contributed by atoms with van der Waals surface area (Å²) in [7, 11) is 0. The highest BCUT2D eigenvalue weighted by atomic mass is 16.5. The number of aliphatic hydroxyl groups excluding tert-OH is 1. The van der Waals surface area contributed by atoms with Gasteiger partial charge in [0, 0.05) is 30.8 Å². The van der Waals surface area contributed by atoms with Crippen LogP contribution in [0.15, 0.2) is 24.3 Å². The van der Waals surface area contributed by atoms with Crippen molar-refractivity contribution in [2.24, 2.45) is 5.92 Å². The van der Waals surface area contributed by atoms with Gasteiger partial charge in [-0.05, 0) is 51.5 Å². The van der Waals surface area contributed by atoms with Crippen LogP contribution < -0.4 is 9.64 Å². The Bertz CT molecular complexity index is 375. The molecule has 1 aliphatic heterocycles. The largest absolute Gasteiger partial charge is 0.491 e. The molecule has 1 N–H and O–H groups in total. The van der Waals surface area contributed by atoms with Crippen LogP contribution >= 0.6 is 0 Å². The molecule has 1 saturated heterocycles. The fourth-order valence-electron chi connectivity index (χ4n) is 2.60. The fourth-order valence-corrected chi connectivity index (χ4v) is 2.60. The third kappa shape index (κ3) is 2.78. The summed E-state index contributed by atoms with van der Waals surface area (Å²) in [4.78, 5) is 2.36. The second-order valence-corrected chi connectivity index (χ2v) is 5.33. The van der Waals surface area contributed by atoms with Crippen LogP contribution in [0.5, 0.6) is 5.75 Å². The summed E-state index contributed by atoms with van der Waals surface area (Å²) in [5.41, 5.74) is 1.22. The molecule has 100 valence electrons. The van der Waals surface area contributed by atoms with Gasteiger partial charge < -0.3 is 14.7 Å². The molecule has 1 aliphatic rings. The van der Waals surface area contributed by atoms with Gasteiger partial charge in [-0.1, -0.05) is 0 Å². The van der Waals surface area contributed by atoms with E-state index in [4.69, 9.17) is 4.74 Å². The average molecular weight is 249 g/mol. The van der Waals surface area contributed by atoms with E-state index in [9.17, 15) is 5.11 Å². The van der Waals surface area contributed by atoms with Crippen molar-refractivity contribution in [2.75, 3.05) is 18.1 Å². The van der Waals surface area contributed by atoms with E-state index in [1.165, 1.54) is 5.69 Å². The molecule has 0 radical (unpaired) electrons. The first-order chi connectivity index (χ1) is 8.61. The van der Waals surface area contributed by atoms with Crippen LogP contribution in [-0.4, -0.2) is 30.4 Å². The van der Waals surface area contributed by atoms with Crippen LogP contribution in [0.3, 0.4) is 0 Å². The van der Waals surface area contributed by atoms with Gasteiger partial charge in [-0.15, -0.1) is 0 Å². The van der Waals surface area contributed by atoms with Gasteiger partial charge in [0.2, 0.25) is 0 Å². The Kier molecular flexibility index (Phi) is 4.12. The number of anilines is 1. The molecule has 3 nitrogen and oxygen atoms in total. The van der Waals surface area contributed by atoms with Crippen LogP contribution in [0.4, 0.5) is 5.69 Å². The number of benzene rings is 1. The van der Waals surface area contributed by atoms with Crippen molar-refractivity contribution in [3.05, 3.63) is 24.3 Å². The molecule has 2 atom stereocenters. The maximum Gasteiger partial charge on any atom is 0.119 e. The zero-order chi connectivity index (χ0) is 13.1. The SMILES string of the molecule is CC(C)Oc1ccc(N2CCC(CO)C2C)cc1. The van der Waals surface area contributed by atoms with E-state index in [1.807, 2.05) is 26.0 Å². The van der Waals surface area contributed by atoms with Crippen LogP contribution in [0.25, 0.3) is 0 Å². The molecule has 1 heterocycles. The second kappa shape index (κ2) is 5.61. The number of hydrogen-bond acceptors (Lipinski definition) is 3. The minimum atomic E-state index is 0.209. The molecule has 0 aromatic heterocycles. The number of hydrogen-bond donors (Lipinski definition) is 1. The topological polar surface area (TPSA) is 32.7 Å². The van der Waals surface area contributed by atoms with Crippen molar-refractivity contribution in [1.29, 1.82) is 0 Å². The molecule has 0 aliphatic carbocycles. The minimum Gasteiger partial charge on any atom is -0.491 e. The lowest BCUT2D eigenvalue weighted by Gasteiger charge is -2.26. The van der Waals surface area contributed by atoms with Crippen molar-refractivity contribution in [1.82, 2.24) is 0 Å². The van der Waals surface area contributed by atoms with Crippen molar-refractivity contribution < 1.29 is 9.84 Å². The predicted octanol–water partition coefficient (Wildman–Crippen LogP) is 2.68. The highest BCUT2D eigenvalue weighted by molar-refractivity contribution is 5.51. The van der Waals surface area contributed by atoms with Gasteiger partial charge in [-0.25, -0.2) is 0 Å². The maximum atomic E-state index is 9.30. The molecule has 3 heteroatoms. The Morgan fingerprint density at radius 1 is 1.33 bits per heavy atom. The molecular weight excluding hydrogens is 226 g/mol. The molecule has 1 aromatic rings. The highest BCUT2D eigenvalue weighted by Gasteiger charge is 2.29. The van der Waals surface area contributed by atoms with Gasteiger partial charge in [0.1, 0.15) is 5.75 Å². The first kappa shape index (κ1) is 13.2. The number of nitrogens with zero attached hydrogens (tertiary/aromatic N) is 1. The molecule has 1 fully saturated rings. The Hall–Kier alpha value is -1.22. The first-order valence-corrected chi connectivity index (χ1v) is 6.76. The van der Waals surface area contributed by atoms with Gasteiger partial charge in [0.25, 0.3) is 0 Å². The molecule has 18 heavy (non-hydrogen) atoms. The lowest BCUT2D eigenvalue weighted by Crippen LogP contribution is -2.30. The lowest BCUT2D eigenvalue weighted by atomic mass is 10.0. The quantitative estimate of drug-likeness (QED) is 0.890. The molecule has 1 aromatic carbocycles. The Balaban J connectivity index is 2.06. The first-order valence-electron chi connectivity index (χ1n) is 6.76. The molecule has 2 rings (SSSR count).